The van der Waals surface area contributed by atoms with Crippen molar-refractivity contribution >= 4 is 11.8 Å². The number of hydrogen-bond donors (Lipinski definition) is 1. The van der Waals surface area contributed by atoms with Crippen molar-refractivity contribution in [2.24, 2.45) is 11.8 Å². The predicted octanol–water partition coefficient (Wildman–Crippen LogP) is 0.686. The van der Waals surface area contributed by atoms with E-state index in [9.17, 15) is 9.59 Å². The Morgan fingerprint density at radius 1 is 1.60 bits per heavy atom. The normalized spacial score (nSPS) is 29.7. The lowest BCUT2D eigenvalue weighted by atomic mass is 10.2. The second kappa shape index (κ2) is 2.40. The first-order valence-corrected chi connectivity index (χ1v) is 3.33. The molecular formula is C7H10O3. The first-order valence-electron chi connectivity index (χ1n) is 3.33. The number of aliphatic carboxylic acids is 1. The maximum absolute atomic E-state index is 10.6. The smallest absolute Gasteiger partial charge is 0.303 e. The molecule has 1 fully saturated rings. The molecule has 0 aromatic heterocycles. The fourth-order valence-electron chi connectivity index (χ4n) is 1.20. The minimum atomic E-state index is -0.797. The topological polar surface area (TPSA) is 54.4 Å². The summed E-state index contributed by atoms with van der Waals surface area (Å²) in [6.07, 6.45) is 0.936. The van der Waals surface area contributed by atoms with Gasteiger partial charge in [-0.05, 0) is 19.3 Å². The van der Waals surface area contributed by atoms with Gasteiger partial charge in [-0.15, -0.1) is 0 Å². The average molecular weight is 142 g/mol. The van der Waals surface area contributed by atoms with Crippen LogP contribution in [0.25, 0.3) is 0 Å². The highest BCUT2D eigenvalue weighted by Crippen LogP contribution is 2.41. The van der Waals surface area contributed by atoms with Gasteiger partial charge in [-0.3, -0.25) is 9.59 Å². The monoisotopic (exact) mass is 142 g/mol. The number of hydrogen-bond acceptors (Lipinski definition) is 2. The Balaban J connectivity index is 2.26. The largest absolute Gasteiger partial charge is 0.481 e. The zero-order valence-electron chi connectivity index (χ0n) is 5.83. The van der Waals surface area contributed by atoms with Crippen LogP contribution in [-0.2, 0) is 9.59 Å². The summed E-state index contributed by atoms with van der Waals surface area (Å²) in [5, 5.41) is 8.31. The van der Waals surface area contributed by atoms with E-state index in [1.807, 2.05) is 0 Å². The van der Waals surface area contributed by atoms with Crippen molar-refractivity contribution in [2.45, 2.75) is 19.8 Å². The van der Waals surface area contributed by atoms with Gasteiger partial charge >= 0.3 is 5.97 Å². The van der Waals surface area contributed by atoms with Crippen LogP contribution in [0.3, 0.4) is 0 Å². The summed E-state index contributed by atoms with van der Waals surface area (Å²) in [4.78, 5) is 20.7. The van der Waals surface area contributed by atoms with Crippen molar-refractivity contribution in [3.05, 3.63) is 0 Å². The molecule has 10 heavy (non-hydrogen) atoms. The fourth-order valence-corrected chi connectivity index (χ4v) is 1.20. The molecule has 0 amide bonds. The quantitative estimate of drug-likeness (QED) is 0.630. The number of Topliss-reactive ketones (excluding diaryl/α,β-unsaturated/α-hetero) is 1. The van der Waals surface area contributed by atoms with Crippen molar-refractivity contribution in [3.63, 3.8) is 0 Å². The minimum Gasteiger partial charge on any atom is -0.481 e. The first kappa shape index (κ1) is 7.25. The minimum absolute atomic E-state index is 0.0519. The predicted molar refractivity (Wildman–Crippen MR) is 34.5 cm³/mol. The Morgan fingerprint density at radius 2 is 2.20 bits per heavy atom. The molecule has 56 valence electrons. The molecule has 0 spiro atoms. The van der Waals surface area contributed by atoms with E-state index < -0.39 is 5.97 Å². The molecule has 0 heterocycles. The molecule has 2 unspecified atom stereocenters. The lowest BCUT2D eigenvalue weighted by Crippen LogP contribution is -2.00. The third-order valence-electron chi connectivity index (χ3n) is 1.88. The van der Waals surface area contributed by atoms with Crippen LogP contribution in [0.15, 0.2) is 0 Å². The van der Waals surface area contributed by atoms with Crippen molar-refractivity contribution < 1.29 is 14.7 Å². The lowest BCUT2D eigenvalue weighted by Gasteiger charge is -1.89. The van der Waals surface area contributed by atoms with E-state index in [4.69, 9.17) is 5.11 Å². The second-order valence-corrected chi connectivity index (χ2v) is 2.81. The number of carboxylic acid groups (broad SMARTS) is 1. The summed E-state index contributed by atoms with van der Waals surface area (Å²) >= 11 is 0. The van der Waals surface area contributed by atoms with Gasteiger partial charge in [-0.2, -0.15) is 0 Å². The maximum atomic E-state index is 10.6. The summed E-state index contributed by atoms with van der Waals surface area (Å²) in [6.45, 7) is 1.52. The van der Waals surface area contributed by atoms with E-state index >= 15 is 0 Å². The Bertz CT molecular complexity index is 174. The van der Waals surface area contributed by atoms with Crippen LogP contribution in [0.2, 0.25) is 0 Å². The van der Waals surface area contributed by atoms with E-state index in [-0.39, 0.29) is 24.0 Å². The molecule has 0 radical (unpaired) electrons. The van der Waals surface area contributed by atoms with E-state index in [2.05, 4.69) is 0 Å². The number of carbonyl (C=O) groups excluding carboxylic acids is 1. The molecule has 0 saturated heterocycles. The molecule has 1 N–H and O–H groups in total. The molecule has 3 nitrogen and oxygen atoms in total. The van der Waals surface area contributed by atoms with Crippen LogP contribution in [0.5, 0.6) is 0 Å². The van der Waals surface area contributed by atoms with Crippen LogP contribution in [-0.4, -0.2) is 16.9 Å². The van der Waals surface area contributed by atoms with Crippen molar-refractivity contribution in [1.29, 1.82) is 0 Å². The van der Waals surface area contributed by atoms with Gasteiger partial charge < -0.3 is 5.11 Å². The fraction of sp³-hybridized carbons (Fsp3) is 0.714. The molecular weight excluding hydrogens is 132 g/mol. The Hall–Kier alpha value is -0.860. The molecule has 3 heteroatoms. The van der Waals surface area contributed by atoms with Crippen LogP contribution in [0.1, 0.15) is 19.8 Å². The third kappa shape index (κ3) is 1.56. The molecule has 0 aromatic carbocycles. The summed E-state index contributed by atoms with van der Waals surface area (Å²) in [5.41, 5.74) is 0. The van der Waals surface area contributed by atoms with E-state index in [0.29, 0.717) is 0 Å². The molecule has 1 aliphatic rings. The number of carbonyl (C=O) groups is 2. The Labute approximate surface area is 59.0 Å². The number of carboxylic acids is 1. The highest BCUT2D eigenvalue weighted by atomic mass is 16.4. The van der Waals surface area contributed by atoms with Gasteiger partial charge in [0.2, 0.25) is 0 Å². The first-order chi connectivity index (χ1) is 4.61. The van der Waals surface area contributed by atoms with Gasteiger partial charge in [-0.25, -0.2) is 0 Å². The summed E-state index contributed by atoms with van der Waals surface area (Å²) in [6, 6.07) is 0. The maximum Gasteiger partial charge on any atom is 0.303 e. The van der Waals surface area contributed by atoms with E-state index in [1.165, 1.54) is 6.92 Å². The molecule has 0 bridgehead atoms. The van der Waals surface area contributed by atoms with Gasteiger partial charge in [0.15, 0.2) is 0 Å². The van der Waals surface area contributed by atoms with Crippen molar-refractivity contribution in [2.75, 3.05) is 0 Å². The lowest BCUT2D eigenvalue weighted by molar-refractivity contribution is -0.137. The Morgan fingerprint density at radius 3 is 2.50 bits per heavy atom. The summed E-state index contributed by atoms with van der Waals surface area (Å²) in [5.74, 6) is -0.480. The highest BCUT2D eigenvalue weighted by Gasteiger charge is 2.41. The standard InChI is InChI=1S/C7H10O3/c1-4(8)6-2-5(6)3-7(9)10/h5-6H,2-3H2,1H3,(H,9,10). The van der Waals surface area contributed by atoms with Gasteiger partial charge in [0, 0.05) is 12.3 Å². The molecule has 1 aliphatic carbocycles. The summed E-state index contributed by atoms with van der Waals surface area (Å²) in [7, 11) is 0. The molecule has 1 rings (SSSR count). The number of rotatable bonds is 3. The third-order valence-corrected chi connectivity index (χ3v) is 1.88. The summed E-state index contributed by atoms with van der Waals surface area (Å²) < 4.78 is 0. The Kier molecular flexibility index (Phi) is 1.74. The van der Waals surface area contributed by atoms with Gasteiger partial charge in [0.1, 0.15) is 5.78 Å². The molecule has 2 atom stereocenters. The SMILES string of the molecule is CC(=O)C1CC1CC(=O)O. The highest BCUT2D eigenvalue weighted by molar-refractivity contribution is 5.82. The molecule has 1 saturated carbocycles. The van der Waals surface area contributed by atoms with Gasteiger partial charge in [0.25, 0.3) is 0 Å². The zero-order valence-corrected chi connectivity index (χ0v) is 5.83. The number of ketones is 1. The van der Waals surface area contributed by atoms with E-state index in [0.717, 1.165) is 6.42 Å². The zero-order chi connectivity index (χ0) is 7.72. The van der Waals surface area contributed by atoms with Crippen molar-refractivity contribution in [3.8, 4) is 0 Å². The molecule has 0 aliphatic heterocycles. The van der Waals surface area contributed by atoms with Crippen LogP contribution in [0, 0.1) is 11.8 Å². The van der Waals surface area contributed by atoms with Crippen LogP contribution < -0.4 is 0 Å². The van der Waals surface area contributed by atoms with Crippen molar-refractivity contribution in [1.82, 2.24) is 0 Å². The average Bonchev–Trinajstić information content (AvgIpc) is 2.43. The van der Waals surface area contributed by atoms with Gasteiger partial charge in [-0.1, -0.05) is 0 Å². The van der Waals surface area contributed by atoms with Crippen LogP contribution >= 0.6 is 0 Å². The van der Waals surface area contributed by atoms with E-state index in [1.54, 1.807) is 0 Å². The molecule has 0 aromatic rings. The van der Waals surface area contributed by atoms with Gasteiger partial charge in [0.05, 0.1) is 0 Å². The van der Waals surface area contributed by atoms with Crippen LogP contribution in [0.4, 0.5) is 0 Å². The second-order valence-electron chi connectivity index (χ2n) is 2.81.